The molecule has 6 heteroatoms. The number of hydrogen-bond acceptors (Lipinski definition) is 2. The van der Waals surface area contributed by atoms with Crippen LogP contribution in [0.5, 0.6) is 0 Å². The van der Waals surface area contributed by atoms with E-state index in [-0.39, 0.29) is 35.2 Å². The highest BCUT2D eigenvalue weighted by atomic mass is 127. The topological polar surface area (TPSA) is 45.7 Å². The molecule has 0 fully saturated rings. The van der Waals surface area contributed by atoms with E-state index < -0.39 is 0 Å². The molecule has 138 valence electrons. The Kier molecular flexibility index (Phi) is 12.0. The molecule has 1 aromatic carbocycles. The van der Waals surface area contributed by atoms with Crippen LogP contribution in [0.3, 0.4) is 0 Å². The lowest BCUT2D eigenvalue weighted by Gasteiger charge is -2.24. The van der Waals surface area contributed by atoms with Crippen molar-refractivity contribution in [3.8, 4) is 0 Å². The van der Waals surface area contributed by atoms with Crippen LogP contribution in [0, 0.1) is 5.82 Å². The molecular weight excluding hydrogens is 420 g/mol. The van der Waals surface area contributed by atoms with E-state index in [2.05, 4.69) is 29.5 Å². The first-order valence-corrected chi connectivity index (χ1v) is 8.35. The van der Waals surface area contributed by atoms with E-state index >= 15 is 0 Å². The lowest BCUT2D eigenvalue weighted by Crippen LogP contribution is -2.39. The average molecular weight is 451 g/mol. The molecule has 0 aromatic heterocycles. The largest absolute Gasteiger partial charge is 0.382 e. The van der Waals surface area contributed by atoms with Gasteiger partial charge >= 0.3 is 0 Å². The van der Waals surface area contributed by atoms with E-state index in [0.717, 1.165) is 44.2 Å². The first kappa shape index (κ1) is 23.1. The molecule has 0 heterocycles. The molecule has 0 unspecified atom stereocenters. The van der Waals surface area contributed by atoms with Crippen LogP contribution in [0.2, 0.25) is 0 Å². The molecule has 4 nitrogen and oxygen atoms in total. The number of halogens is 2. The fraction of sp³-hybridized carbons (Fsp3) is 0.611. The molecule has 0 atom stereocenters. The minimum Gasteiger partial charge on any atom is -0.382 e. The number of nitrogens with zero attached hydrogens (tertiary/aromatic N) is 1. The number of benzene rings is 1. The lowest BCUT2D eigenvalue weighted by molar-refractivity contribution is 0.145. The molecule has 1 rings (SSSR count). The van der Waals surface area contributed by atoms with Crippen LogP contribution in [-0.4, -0.2) is 38.8 Å². The Balaban J connectivity index is 0.00000529. The second-order valence-corrected chi connectivity index (χ2v) is 6.07. The molecule has 0 amide bonds. The average Bonchev–Trinajstić information content (AvgIpc) is 2.52. The molecule has 0 aliphatic carbocycles. The Labute approximate surface area is 162 Å². The van der Waals surface area contributed by atoms with Crippen molar-refractivity contribution >= 4 is 29.9 Å². The van der Waals surface area contributed by atoms with Crippen molar-refractivity contribution in [3.05, 3.63) is 35.6 Å². The van der Waals surface area contributed by atoms with Gasteiger partial charge in [0.2, 0.25) is 0 Å². The van der Waals surface area contributed by atoms with Gasteiger partial charge in [0.1, 0.15) is 5.82 Å². The summed E-state index contributed by atoms with van der Waals surface area (Å²) in [5, 5.41) is 6.53. The fourth-order valence-electron chi connectivity index (χ4n) is 2.14. The molecule has 24 heavy (non-hydrogen) atoms. The number of ether oxygens (including phenoxy) is 1. The smallest absolute Gasteiger partial charge is 0.191 e. The van der Waals surface area contributed by atoms with Crippen LogP contribution in [-0.2, 0) is 10.2 Å². The van der Waals surface area contributed by atoms with Gasteiger partial charge < -0.3 is 15.4 Å². The van der Waals surface area contributed by atoms with Gasteiger partial charge in [0, 0.05) is 31.7 Å². The number of hydrogen-bond donors (Lipinski definition) is 2. The van der Waals surface area contributed by atoms with Crippen molar-refractivity contribution in [1.29, 1.82) is 0 Å². The molecule has 0 saturated heterocycles. The summed E-state index contributed by atoms with van der Waals surface area (Å²) in [5.41, 5.74) is 0.726. The lowest BCUT2D eigenvalue weighted by atomic mass is 9.85. The van der Waals surface area contributed by atoms with E-state index in [4.69, 9.17) is 4.74 Å². The third-order valence-corrected chi connectivity index (χ3v) is 3.54. The summed E-state index contributed by atoms with van der Waals surface area (Å²) in [6.07, 6.45) is 0.936. The van der Waals surface area contributed by atoms with E-state index in [1.54, 1.807) is 12.1 Å². The van der Waals surface area contributed by atoms with Crippen molar-refractivity contribution in [2.24, 2.45) is 4.99 Å². The first-order chi connectivity index (χ1) is 11.0. The zero-order chi connectivity index (χ0) is 17.1. The third-order valence-electron chi connectivity index (χ3n) is 3.54. The minimum atomic E-state index is -0.226. The van der Waals surface area contributed by atoms with Crippen LogP contribution in [0.4, 0.5) is 4.39 Å². The van der Waals surface area contributed by atoms with Crippen LogP contribution in [0.1, 0.15) is 39.7 Å². The van der Waals surface area contributed by atoms with Crippen molar-refractivity contribution in [2.45, 2.75) is 39.5 Å². The Hall–Kier alpha value is -0.890. The third kappa shape index (κ3) is 8.82. The van der Waals surface area contributed by atoms with Gasteiger partial charge in [-0.1, -0.05) is 26.0 Å². The normalized spacial score (nSPS) is 11.8. The molecule has 1 aromatic rings. The quantitative estimate of drug-likeness (QED) is 0.261. The predicted molar refractivity (Wildman–Crippen MR) is 110 cm³/mol. The van der Waals surface area contributed by atoms with Crippen LogP contribution < -0.4 is 10.6 Å². The van der Waals surface area contributed by atoms with Gasteiger partial charge in [-0.05, 0) is 38.0 Å². The van der Waals surface area contributed by atoms with Crippen molar-refractivity contribution in [1.82, 2.24) is 10.6 Å². The number of nitrogens with one attached hydrogen (secondary N) is 2. The first-order valence-electron chi connectivity index (χ1n) is 8.35. The van der Waals surface area contributed by atoms with Gasteiger partial charge in [0.15, 0.2) is 5.96 Å². The molecular formula is C18H31FIN3O. The van der Waals surface area contributed by atoms with Crippen molar-refractivity contribution < 1.29 is 9.13 Å². The van der Waals surface area contributed by atoms with Gasteiger partial charge in [-0.15, -0.1) is 24.0 Å². The summed E-state index contributed by atoms with van der Waals surface area (Å²) in [4.78, 5) is 4.64. The molecule has 0 radical (unpaired) electrons. The Morgan fingerprint density at radius 1 is 1.25 bits per heavy atom. The maximum atomic E-state index is 13.4. The van der Waals surface area contributed by atoms with Crippen LogP contribution in [0.15, 0.2) is 29.3 Å². The number of aliphatic imine (C=N–C) groups is 1. The maximum Gasteiger partial charge on any atom is 0.191 e. The Morgan fingerprint density at radius 3 is 2.62 bits per heavy atom. The van der Waals surface area contributed by atoms with Gasteiger partial charge in [0.05, 0.1) is 6.54 Å². The van der Waals surface area contributed by atoms with Gasteiger partial charge in [-0.3, -0.25) is 4.99 Å². The molecule has 0 spiro atoms. The van der Waals surface area contributed by atoms with Crippen molar-refractivity contribution in [3.63, 3.8) is 0 Å². The summed E-state index contributed by atoms with van der Waals surface area (Å²) in [7, 11) is 0. The standard InChI is InChI=1S/C18H30FN3O.HI/c1-5-20-17(21-11-8-12-23-6-2)22-14-18(3,4)15-9-7-10-16(19)13-15;/h7,9-10,13H,5-6,8,11-12,14H2,1-4H3,(H2,20,21,22);1H. The maximum absolute atomic E-state index is 13.4. The monoisotopic (exact) mass is 451 g/mol. The summed E-state index contributed by atoms with van der Waals surface area (Å²) in [6, 6.07) is 6.74. The van der Waals surface area contributed by atoms with Gasteiger partial charge in [-0.25, -0.2) is 4.39 Å². The summed E-state index contributed by atoms with van der Waals surface area (Å²) in [5.74, 6) is 0.578. The molecule has 0 saturated carbocycles. The van der Waals surface area contributed by atoms with E-state index in [1.807, 2.05) is 19.9 Å². The second-order valence-electron chi connectivity index (χ2n) is 6.07. The minimum absolute atomic E-state index is 0. The highest BCUT2D eigenvalue weighted by Gasteiger charge is 2.20. The van der Waals surface area contributed by atoms with E-state index in [9.17, 15) is 4.39 Å². The van der Waals surface area contributed by atoms with Gasteiger partial charge in [0.25, 0.3) is 0 Å². The predicted octanol–water partition coefficient (Wildman–Crippen LogP) is 3.70. The van der Waals surface area contributed by atoms with Crippen LogP contribution >= 0.6 is 24.0 Å². The molecule has 0 bridgehead atoms. The van der Waals surface area contributed by atoms with E-state index in [1.165, 1.54) is 6.07 Å². The SMILES string of the molecule is CCNC(=NCC(C)(C)c1cccc(F)c1)NCCCOCC.I. The summed E-state index contributed by atoms with van der Waals surface area (Å²) >= 11 is 0. The number of rotatable bonds is 9. The summed E-state index contributed by atoms with van der Waals surface area (Å²) < 4.78 is 18.7. The fourth-order valence-corrected chi connectivity index (χ4v) is 2.14. The second kappa shape index (κ2) is 12.5. The molecule has 0 aliphatic heterocycles. The number of guanidine groups is 1. The zero-order valence-corrected chi connectivity index (χ0v) is 17.5. The zero-order valence-electron chi connectivity index (χ0n) is 15.2. The van der Waals surface area contributed by atoms with Gasteiger partial charge in [-0.2, -0.15) is 0 Å². The Bertz CT molecular complexity index is 495. The highest BCUT2D eigenvalue weighted by Crippen LogP contribution is 2.24. The highest BCUT2D eigenvalue weighted by molar-refractivity contribution is 14.0. The molecule has 0 aliphatic rings. The van der Waals surface area contributed by atoms with E-state index in [0.29, 0.717) is 6.54 Å². The molecule has 2 N–H and O–H groups in total. The van der Waals surface area contributed by atoms with Crippen LogP contribution in [0.25, 0.3) is 0 Å². The van der Waals surface area contributed by atoms with Crippen molar-refractivity contribution in [2.75, 3.05) is 32.8 Å². The Morgan fingerprint density at radius 2 is 2.00 bits per heavy atom. The summed E-state index contributed by atoms with van der Waals surface area (Å²) in [6.45, 7) is 11.9.